The van der Waals surface area contributed by atoms with Gasteiger partial charge in [-0.05, 0) is 6.42 Å². The van der Waals surface area contributed by atoms with E-state index in [0.29, 0.717) is 6.42 Å². The summed E-state index contributed by atoms with van der Waals surface area (Å²) in [5.41, 5.74) is 0. The zero-order valence-electron chi connectivity index (χ0n) is 13.6. The first-order chi connectivity index (χ1) is 8.06. The second kappa shape index (κ2) is 14.8. The predicted octanol–water partition coefficient (Wildman–Crippen LogP) is 3.57. The summed E-state index contributed by atoms with van der Waals surface area (Å²) < 4.78 is 33.0. The summed E-state index contributed by atoms with van der Waals surface area (Å²) in [6.07, 6.45) is 11.9. The molecule has 0 aromatic rings. The van der Waals surface area contributed by atoms with Crippen molar-refractivity contribution in [3.8, 4) is 0 Å². The van der Waals surface area contributed by atoms with E-state index in [1.807, 2.05) is 0 Å². The Kier molecular flexibility index (Phi) is 17.7. The Morgan fingerprint density at radius 1 is 0.889 bits per heavy atom. The maximum absolute atomic E-state index is 10.2. The van der Waals surface area contributed by atoms with E-state index in [0.717, 1.165) is 12.8 Å². The van der Waals surface area contributed by atoms with Gasteiger partial charge in [0.15, 0.2) is 0 Å². The normalized spacial score (nSPS) is 11.2. The van der Waals surface area contributed by atoms with E-state index in [4.69, 9.17) is 4.55 Å². The maximum atomic E-state index is 10.2. The number of hydrogen-bond donors (Lipinski definition) is 1. The van der Waals surface area contributed by atoms with Crippen molar-refractivity contribution in [3.63, 3.8) is 0 Å². The molecular weight excluding hydrogens is 328 g/mol. The van der Waals surface area contributed by atoms with E-state index >= 15 is 0 Å². The molecule has 0 aromatic heterocycles. The van der Waals surface area contributed by atoms with Crippen LogP contribution in [0, 0.1) is 0 Å². The quantitative estimate of drug-likeness (QED) is 0.330. The molecule has 6 heteroatoms. The zero-order chi connectivity index (χ0) is 13.0. The molecule has 0 rings (SSSR count). The van der Waals surface area contributed by atoms with Gasteiger partial charge in [-0.3, -0.25) is 4.55 Å². The molecular formula is C12H28O4SSr. The standard InChI is InChI=1S/C12H26O4S.Sr.2H/c1-2-3-4-5-6-7-8-9-10-11-12-16-17(13,14)15;;;/h2-12H2,1H3,(H,13,14,15);;;/q;+2;2*-1. The molecule has 0 aliphatic heterocycles. The molecule has 0 radical (unpaired) electrons. The summed E-state index contributed by atoms with van der Waals surface area (Å²) in [5, 5.41) is 0. The number of unbranched alkanes of at least 4 members (excludes halogenated alkanes) is 9. The van der Waals surface area contributed by atoms with Gasteiger partial charge >= 0.3 is 55.9 Å². The summed E-state index contributed by atoms with van der Waals surface area (Å²) in [6, 6.07) is 0. The van der Waals surface area contributed by atoms with Gasteiger partial charge < -0.3 is 2.85 Å². The van der Waals surface area contributed by atoms with Gasteiger partial charge in [0.2, 0.25) is 0 Å². The van der Waals surface area contributed by atoms with Crippen molar-refractivity contribution < 1.29 is 20.0 Å². The van der Waals surface area contributed by atoms with E-state index in [-0.39, 0.29) is 54.9 Å². The van der Waals surface area contributed by atoms with E-state index in [1.165, 1.54) is 44.9 Å². The molecule has 0 amide bonds. The minimum Gasteiger partial charge on any atom is -1.00 e. The average Bonchev–Trinajstić information content (AvgIpc) is 2.24. The first kappa shape index (κ1) is 21.6. The van der Waals surface area contributed by atoms with Gasteiger partial charge in [0.1, 0.15) is 0 Å². The SMILES string of the molecule is CCCCCCCCCCCCOS(=O)(=O)O.[H-].[H-].[Sr+2]. The van der Waals surface area contributed by atoms with Gasteiger partial charge in [-0.15, -0.1) is 0 Å². The zero-order valence-corrected chi connectivity index (χ0v) is 15.9. The molecule has 0 unspecified atom stereocenters. The minimum absolute atomic E-state index is 0. The van der Waals surface area contributed by atoms with Crippen LogP contribution in [0.1, 0.15) is 74.0 Å². The molecule has 0 heterocycles. The van der Waals surface area contributed by atoms with Crippen molar-refractivity contribution in [3.05, 3.63) is 0 Å². The Hall–Kier alpha value is 1.35. The van der Waals surface area contributed by atoms with Crippen LogP contribution < -0.4 is 0 Å². The summed E-state index contributed by atoms with van der Waals surface area (Å²) in [4.78, 5) is 0. The van der Waals surface area contributed by atoms with Gasteiger partial charge in [-0.2, -0.15) is 8.42 Å². The van der Waals surface area contributed by atoms with Crippen molar-refractivity contribution in [2.24, 2.45) is 0 Å². The second-order valence-electron chi connectivity index (χ2n) is 4.43. The van der Waals surface area contributed by atoms with Gasteiger partial charge in [-0.1, -0.05) is 64.7 Å². The molecule has 18 heavy (non-hydrogen) atoms. The Labute approximate surface area is 152 Å². The Morgan fingerprint density at radius 3 is 1.67 bits per heavy atom. The number of hydrogen-bond acceptors (Lipinski definition) is 3. The first-order valence-corrected chi connectivity index (χ1v) is 8.04. The predicted molar refractivity (Wildman–Crippen MR) is 77.3 cm³/mol. The first-order valence-electron chi connectivity index (χ1n) is 6.68. The summed E-state index contributed by atoms with van der Waals surface area (Å²) >= 11 is 0. The molecule has 0 atom stereocenters. The summed E-state index contributed by atoms with van der Waals surface area (Å²) in [7, 11) is -4.23. The van der Waals surface area contributed by atoms with Crippen LogP contribution in [0.4, 0.5) is 0 Å². The van der Waals surface area contributed by atoms with Crippen LogP contribution in [0.15, 0.2) is 0 Å². The van der Waals surface area contributed by atoms with Crippen LogP contribution >= 0.6 is 0 Å². The topological polar surface area (TPSA) is 63.6 Å². The molecule has 0 fully saturated rings. The van der Waals surface area contributed by atoms with Gasteiger partial charge in [0.05, 0.1) is 6.61 Å². The van der Waals surface area contributed by atoms with Crippen LogP contribution in [-0.2, 0) is 14.6 Å². The molecule has 0 bridgehead atoms. The monoisotopic (exact) mass is 356 g/mol. The van der Waals surface area contributed by atoms with Crippen LogP contribution in [0.2, 0.25) is 0 Å². The van der Waals surface area contributed by atoms with E-state index < -0.39 is 10.4 Å². The third-order valence-electron chi connectivity index (χ3n) is 2.73. The van der Waals surface area contributed by atoms with Crippen molar-refractivity contribution in [1.29, 1.82) is 0 Å². The molecule has 108 valence electrons. The Bertz CT molecular complexity index is 264. The maximum Gasteiger partial charge on any atom is 2.00 e. The minimum atomic E-state index is -4.23. The molecule has 1 N–H and O–H groups in total. The molecule has 0 aliphatic rings. The fraction of sp³-hybridized carbons (Fsp3) is 1.00. The third-order valence-corrected chi connectivity index (χ3v) is 3.19. The van der Waals surface area contributed by atoms with Crippen molar-refractivity contribution >= 4 is 55.9 Å². The summed E-state index contributed by atoms with van der Waals surface area (Å²) in [6.45, 7) is 2.31. The Morgan fingerprint density at radius 2 is 1.28 bits per heavy atom. The van der Waals surface area contributed by atoms with Gasteiger partial charge in [-0.25, -0.2) is 4.18 Å². The fourth-order valence-corrected chi connectivity index (χ4v) is 2.08. The third kappa shape index (κ3) is 19.7. The molecule has 0 aliphatic carbocycles. The van der Waals surface area contributed by atoms with Gasteiger partial charge in [0.25, 0.3) is 0 Å². The number of rotatable bonds is 12. The average molecular weight is 356 g/mol. The second-order valence-corrected chi connectivity index (χ2v) is 5.52. The van der Waals surface area contributed by atoms with Gasteiger partial charge in [0, 0.05) is 0 Å². The van der Waals surface area contributed by atoms with Crippen LogP contribution in [0.25, 0.3) is 0 Å². The molecule has 0 saturated carbocycles. The van der Waals surface area contributed by atoms with Crippen molar-refractivity contribution in [1.82, 2.24) is 0 Å². The molecule has 4 nitrogen and oxygen atoms in total. The van der Waals surface area contributed by atoms with E-state index in [2.05, 4.69) is 11.1 Å². The van der Waals surface area contributed by atoms with Crippen LogP contribution in [0.3, 0.4) is 0 Å². The van der Waals surface area contributed by atoms with Crippen molar-refractivity contribution in [2.45, 2.75) is 71.1 Å². The van der Waals surface area contributed by atoms with Crippen LogP contribution in [0.5, 0.6) is 0 Å². The molecule has 0 saturated heterocycles. The Balaban J connectivity index is -0.000000427. The molecule has 0 spiro atoms. The molecule has 0 aromatic carbocycles. The van der Waals surface area contributed by atoms with E-state index in [1.54, 1.807) is 0 Å². The summed E-state index contributed by atoms with van der Waals surface area (Å²) in [5.74, 6) is 0. The smallest absolute Gasteiger partial charge is 1.00 e. The van der Waals surface area contributed by atoms with Crippen molar-refractivity contribution in [2.75, 3.05) is 6.61 Å². The van der Waals surface area contributed by atoms with Crippen LogP contribution in [-0.4, -0.2) is 65.1 Å². The fourth-order valence-electron chi connectivity index (χ4n) is 1.75. The van der Waals surface area contributed by atoms with E-state index in [9.17, 15) is 8.42 Å². The largest absolute Gasteiger partial charge is 2.00 e.